The number of esters is 1. The number of benzene rings is 1. The summed E-state index contributed by atoms with van der Waals surface area (Å²) in [5, 5.41) is 7.37. The molecule has 0 aliphatic rings. The number of nitrogens with two attached hydrogens (primary N) is 1. The van der Waals surface area contributed by atoms with Gasteiger partial charge in [-0.05, 0) is 34.7 Å². The van der Waals surface area contributed by atoms with E-state index in [-0.39, 0.29) is 15.0 Å². The molecule has 0 bridgehead atoms. The third-order valence-corrected chi connectivity index (χ3v) is 2.36. The van der Waals surface area contributed by atoms with E-state index in [1.807, 2.05) is 0 Å². The molecule has 1 aromatic carbocycles. The van der Waals surface area contributed by atoms with Crippen LogP contribution in [0.15, 0.2) is 12.1 Å². The minimum Gasteiger partial charge on any atom is -0.465 e. The van der Waals surface area contributed by atoms with E-state index in [0.29, 0.717) is 5.56 Å². The quantitative estimate of drug-likeness (QED) is 0.378. The molecule has 0 spiro atoms. The maximum Gasteiger partial charge on any atom is 0.340 e. The molecule has 0 radical (unpaired) electrons. The van der Waals surface area contributed by atoms with Crippen molar-refractivity contribution in [1.82, 2.24) is 0 Å². The van der Waals surface area contributed by atoms with Gasteiger partial charge in [0, 0.05) is 11.3 Å². The van der Waals surface area contributed by atoms with Gasteiger partial charge in [0.1, 0.15) is 9.54 Å². The molecule has 0 fully saturated rings. The van der Waals surface area contributed by atoms with Crippen molar-refractivity contribution in [2.24, 2.45) is 0 Å². The fourth-order valence-electron chi connectivity index (χ4n) is 1.05. The molecule has 1 aromatic rings. The SMILES string of the molecule is COC(=O)c1cc(C(=N)I)c(N)cc1F. The Labute approximate surface area is 99.3 Å². The number of nitrogens with one attached hydrogen (secondary N) is 1. The first-order chi connectivity index (χ1) is 6.97. The van der Waals surface area contributed by atoms with Gasteiger partial charge in [0.25, 0.3) is 0 Å². The molecular weight excluding hydrogens is 314 g/mol. The smallest absolute Gasteiger partial charge is 0.340 e. The first-order valence-corrected chi connectivity index (χ1v) is 4.97. The summed E-state index contributed by atoms with van der Waals surface area (Å²) in [5.41, 5.74) is 5.72. The Hall–Kier alpha value is -1.18. The monoisotopic (exact) mass is 322 g/mol. The van der Waals surface area contributed by atoms with Crippen LogP contribution in [-0.2, 0) is 4.74 Å². The standard InChI is InChI=1S/C9H8FIN2O2/c1-15-9(14)4-2-5(8(11)13)7(12)3-6(4)10/h2-3,13H,12H2,1H3. The summed E-state index contributed by atoms with van der Waals surface area (Å²) >= 11 is 1.73. The summed E-state index contributed by atoms with van der Waals surface area (Å²) in [6.07, 6.45) is 0. The zero-order valence-corrected chi connectivity index (χ0v) is 9.96. The van der Waals surface area contributed by atoms with Gasteiger partial charge in [0.15, 0.2) is 0 Å². The van der Waals surface area contributed by atoms with Gasteiger partial charge >= 0.3 is 5.97 Å². The molecule has 80 valence electrons. The van der Waals surface area contributed by atoms with Gasteiger partial charge in [-0.3, -0.25) is 5.41 Å². The molecule has 0 unspecified atom stereocenters. The minimum absolute atomic E-state index is 0.125. The number of hydrogen-bond donors (Lipinski definition) is 2. The normalized spacial score (nSPS) is 9.80. The largest absolute Gasteiger partial charge is 0.465 e. The van der Waals surface area contributed by atoms with Gasteiger partial charge in [-0.15, -0.1) is 0 Å². The van der Waals surface area contributed by atoms with E-state index in [0.717, 1.165) is 13.2 Å². The Morgan fingerprint density at radius 3 is 2.60 bits per heavy atom. The van der Waals surface area contributed by atoms with Crippen molar-refractivity contribution in [2.45, 2.75) is 0 Å². The predicted octanol–water partition coefficient (Wildman–Crippen LogP) is 1.95. The van der Waals surface area contributed by atoms with Crippen LogP contribution < -0.4 is 5.73 Å². The fraction of sp³-hybridized carbons (Fsp3) is 0.111. The lowest BCUT2D eigenvalue weighted by molar-refractivity contribution is 0.0595. The van der Waals surface area contributed by atoms with Crippen LogP contribution >= 0.6 is 22.6 Å². The molecule has 6 heteroatoms. The number of methoxy groups -OCH3 is 1. The van der Waals surface area contributed by atoms with Crippen molar-refractivity contribution in [1.29, 1.82) is 5.41 Å². The van der Waals surface area contributed by atoms with Gasteiger partial charge in [-0.1, -0.05) is 0 Å². The first-order valence-electron chi connectivity index (χ1n) is 3.89. The molecular formula is C9H8FIN2O2. The van der Waals surface area contributed by atoms with Crippen molar-refractivity contribution < 1.29 is 13.9 Å². The average molecular weight is 322 g/mol. The Morgan fingerprint density at radius 1 is 1.53 bits per heavy atom. The lowest BCUT2D eigenvalue weighted by Crippen LogP contribution is -2.08. The van der Waals surface area contributed by atoms with Crippen LogP contribution in [0.5, 0.6) is 0 Å². The maximum absolute atomic E-state index is 13.3. The second-order valence-electron chi connectivity index (χ2n) is 2.72. The minimum atomic E-state index is -0.786. The van der Waals surface area contributed by atoms with Crippen LogP contribution in [0.4, 0.5) is 10.1 Å². The van der Waals surface area contributed by atoms with E-state index < -0.39 is 11.8 Å². The summed E-state index contributed by atoms with van der Waals surface area (Å²) in [5.74, 6) is -1.54. The highest BCUT2D eigenvalue weighted by molar-refractivity contribution is 14.1. The van der Waals surface area contributed by atoms with Crippen LogP contribution in [0.1, 0.15) is 15.9 Å². The molecule has 0 aliphatic heterocycles. The molecule has 0 heterocycles. The lowest BCUT2D eigenvalue weighted by atomic mass is 10.1. The second-order valence-corrected chi connectivity index (χ2v) is 3.80. The lowest BCUT2D eigenvalue weighted by Gasteiger charge is -2.06. The topological polar surface area (TPSA) is 76.2 Å². The first kappa shape index (κ1) is 11.9. The van der Waals surface area contributed by atoms with Crippen molar-refractivity contribution in [2.75, 3.05) is 12.8 Å². The Morgan fingerprint density at radius 2 is 2.13 bits per heavy atom. The highest BCUT2D eigenvalue weighted by Gasteiger charge is 2.16. The van der Waals surface area contributed by atoms with Crippen LogP contribution in [0.2, 0.25) is 0 Å². The van der Waals surface area contributed by atoms with Crippen molar-refractivity contribution in [3.63, 3.8) is 0 Å². The number of anilines is 1. The number of carbonyl (C=O) groups excluding carboxylic acids is 1. The summed E-state index contributed by atoms with van der Waals surface area (Å²) in [6, 6.07) is 2.22. The maximum atomic E-state index is 13.3. The summed E-state index contributed by atoms with van der Waals surface area (Å²) in [7, 11) is 1.16. The molecule has 1 rings (SSSR count). The second kappa shape index (κ2) is 4.56. The van der Waals surface area contributed by atoms with Gasteiger partial charge in [-0.25, -0.2) is 9.18 Å². The van der Waals surface area contributed by atoms with E-state index in [1.165, 1.54) is 6.07 Å². The average Bonchev–Trinajstić information content (AvgIpc) is 2.16. The third kappa shape index (κ3) is 2.44. The zero-order valence-electron chi connectivity index (χ0n) is 7.80. The number of carbonyl (C=O) groups is 1. The molecule has 0 saturated carbocycles. The molecule has 0 aromatic heterocycles. The van der Waals surface area contributed by atoms with E-state index in [1.54, 1.807) is 22.6 Å². The molecule has 4 nitrogen and oxygen atoms in total. The highest BCUT2D eigenvalue weighted by atomic mass is 127. The number of ether oxygens (including phenoxy) is 1. The third-order valence-electron chi connectivity index (χ3n) is 1.78. The van der Waals surface area contributed by atoms with E-state index in [9.17, 15) is 9.18 Å². The predicted molar refractivity (Wildman–Crippen MR) is 63.0 cm³/mol. The summed E-state index contributed by atoms with van der Waals surface area (Å²) in [4.78, 5) is 11.1. The highest BCUT2D eigenvalue weighted by Crippen LogP contribution is 2.21. The van der Waals surface area contributed by atoms with Gasteiger partial charge in [0.2, 0.25) is 0 Å². The van der Waals surface area contributed by atoms with Crippen LogP contribution in [0, 0.1) is 11.2 Å². The number of hydrogen-bond acceptors (Lipinski definition) is 4. The molecule has 0 aliphatic carbocycles. The summed E-state index contributed by atoms with van der Waals surface area (Å²) in [6.45, 7) is 0. The van der Waals surface area contributed by atoms with E-state index >= 15 is 0 Å². The van der Waals surface area contributed by atoms with Gasteiger partial charge < -0.3 is 10.5 Å². The molecule has 15 heavy (non-hydrogen) atoms. The zero-order chi connectivity index (χ0) is 11.6. The molecule has 0 amide bonds. The van der Waals surface area contributed by atoms with Crippen molar-refractivity contribution in [3.8, 4) is 0 Å². The number of nitrogen functional groups attached to an aromatic ring is 1. The van der Waals surface area contributed by atoms with Crippen molar-refractivity contribution >= 4 is 38.0 Å². The van der Waals surface area contributed by atoms with Crippen LogP contribution in [0.25, 0.3) is 0 Å². The fourth-order valence-corrected chi connectivity index (χ4v) is 1.51. The van der Waals surface area contributed by atoms with Crippen LogP contribution in [-0.4, -0.2) is 16.8 Å². The van der Waals surface area contributed by atoms with E-state index in [2.05, 4.69) is 4.74 Å². The van der Waals surface area contributed by atoms with Crippen molar-refractivity contribution in [3.05, 3.63) is 29.1 Å². The Balaban J connectivity index is 3.36. The Bertz CT molecular complexity index is 434. The van der Waals surface area contributed by atoms with Gasteiger partial charge in [0.05, 0.1) is 12.7 Å². The number of halogens is 2. The summed E-state index contributed by atoms with van der Waals surface area (Å²) < 4.78 is 17.8. The molecule has 0 saturated heterocycles. The molecule has 3 N–H and O–H groups in total. The van der Waals surface area contributed by atoms with Crippen LogP contribution in [0.3, 0.4) is 0 Å². The molecule has 0 atom stereocenters. The Kier molecular flexibility index (Phi) is 3.61. The van der Waals surface area contributed by atoms with E-state index in [4.69, 9.17) is 11.1 Å². The van der Waals surface area contributed by atoms with Gasteiger partial charge in [-0.2, -0.15) is 0 Å². The number of rotatable bonds is 2.